The predicted octanol–water partition coefficient (Wildman–Crippen LogP) is 2.22. The zero-order chi connectivity index (χ0) is 9.56. The highest BCUT2D eigenvalue weighted by molar-refractivity contribution is 5.93. The Morgan fingerprint density at radius 3 is 2.33 bits per heavy atom. The Morgan fingerprint density at radius 2 is 2.00 bits per heavy atom. The van der Waals surface area contributed by atoms with Gasteiger partial charge in [0.25, 0.3) is 0 Å². The molecule has 2 heteroatoms. The molecule has 0 saturated heterocycles. The zero-order valence-corrected chi connectivity index (χ0v) is 8.04. The standard InChI is InChI=1S/C10H16N2/c1-6-7-8-10(12(4)5)11-9(2)3/h6-8H,1-2H2,3-5H3/b8-7-,11-10?. The van der Waals surface area contributed by atoms with Crippen LogP contribution in [0.1, 0.15) is 6.92 Å². The summed E-state index contributed by atoms with van der Waals surface area (Å²) < 4.78 is 0. The predicted molar refractivity (Wildman–Crippen MR) is 55.3 cm³/mol. The van der Waals surface area contributed by atoms with Gasteiger partial charge in [-0.05, 0) is 13.0 Å². The molecule has 0 aromatic carbocycles. The van der Waals surface area contributed by atoms with E-state index in [9.17, 15) is 0 Å². The van der Waals surface area contributed by atoms with Crippen molar-refractivity contribution < 1.29 is 0 Å². The third-order valence-electron chi connectivity index (χ3n) is 1.14. The summed E-state index contributed by atoms with van der Waals surface area (Å²) in [6.07, 6.45) is 5.46. The maximum Gasteiger partial charge on any atom is 0.128 e. The molecule has 12 heavy (non-hydrogen) atoms. The molecular weight excluding hydrogens is 148 g/mol. The van der Waals surface area contributed by atoms with E-state index in [-0.39, 0.29) is 0 Å². The number of hydrogen-bond acceptors (Lipinski definition) is 1. The first-order valence-corrected chi connectivity index (χ1v) is 3.78. The molecule has 0 unspecified atom stereocenters. The van der Waals surface area contributed by atoms with E-state index in [1.54, 1.807) is 6.08 Å². The van der Waals surface area contributed by atoms with Gasteiger partial charge in [0.15, 0.2) is 0 Å². The Hall–Kier alpha value is -1.31. The van der Waals surface area contributed by atoms with Crippen molar-refractivity contribution >= 4 is 5.84 Å². The van der Waals surface area contributed by atoms with E-state index in [1.807, 2.05) is 38.1 Å². The summed E-state index contributed by atoms with van der Waals surface area (Å²) in [7, 11) is 3.88. The van der Waals surface area contributed by atoms with Crippen LogP contribution in [0.15, 0.2) is 42.1 Å². The third-order valence-corrected chi connectivity index (χ3v) is 1.14. The molecule has 0 bridgehead atoms. The van der Waals surface area contributed by atoms with Crippen LogP contribution >= 0.6 is 0 Å². The van der Waals surface area contributed by atoms with Crippen LogP contribution in [0.2, 0.25) is 0 Å². The number of amidine groups is 1. The molecule has 0 spiro atoms. The lowest BCUT2D eigenvalue weighted by molar-refractivity contribution is 0.625. The second-order valence-corrected chi connectivity index (χ2v) is 2.69. The van der Waals surface area contributed by atoms with Gasteiger partial charge < -0.3 is 4.90 Å². The summed E-state index contributed by atoms with van der Waals surface area (Å²) in [5.74, 6) is 0.877. The summed E-state index contributed by atoms with van der Waals surface area (Å²) in [6, 6.07) is 0. The lowest BCUT2D eigenvalue weighted by Crippen LogP contribution is -2.19. The largest absolute Gasteiger partial charge is 0.363 e. The average molecular weight is 164 g/mol. The number of likely N-dealkylation sites (N-methyl/N-ethyl adjacent to an activating group) is 1. The van der Waals surface area contributed by atoms with Crippen LogP contribution in [0.4, 0.5) is 0 Å². The highest BCUT2D eigenvalue weighted by Crippen LogP contribution is 1.95. The Kier molecular flexibility index (Phi) is 4.77. The fourth-order valence-electron chi connectivity index (χ4n) is 0.636. The van der Waals surface area contributed by atoms with Gasteiger partial charge in [-0.2, -0.15) is 0 Å². The Morgan fingerprint density at radius 1 is 1.42 bits per heavy atom. The molecule has 0 aliphatic carbocycles. The fourth-order valence-corrected chi connectivity index (χ4v) is 0.636. The maximum atomic E-state index is 4.23. The minimum atomic E-state index is 0.799. The van der Waals surface area contributed by atoms with Crippen molar-refractivity contribution in [3.05, 3.63) is 37.1 Å². The van der Waals surface area contributed by atoms with Crippen molar-refractivity contribution in [3.8, 4) is 0 Å². The molecule has 0 aromatic rings. The second-order valence-electron chi connectivity index (χ2n) is 2.69. The first-order valence-electron chi connectivity index (χ1n) is 3.78. The third kappa shape index (κ3) is 4.50. The van der Waals surface area contributed by atoms with Gasteiger partial charge in [-0.3, -0.25) is 0 Å². The van der Waals surface area contributed by atoms with Gasteiger partial charge in [0.05, 0.1) is 0 Å². The van der Waals surface area contributed by atoms with Crippen molar-refractivity contribution in [2.45, 2.75) is 6.92 Å². The molecule has 0 amide bonds. The lowest BCUT2D eigenvalue weighted by atomic mass is 10.4. The van der Waals surface area contributed by atoms with E-state index in [4.69, 9.17) is 0 Å². The number of hydrogen-bond donors (Lipinski definition) is 0. The van der Waals surface area contributed by atoms with Crippen molar-refractivity contribution in [2.75, 3.05) is 14.1 Å². The Bertz CT molecular complexity index is 222. The van der Waals surface area contributed by atoms with E-state index >= 15 is 0 Å². The Balaban J connectivity index is 4.54. The first-order chi connectivity index (χ1) is 5.57. The number of rotatable bonds is 3. The molecule has 0 aromatic heterocycles. The molecule has 0 heterocycles. The molecule has 0 rings (SSSR count). The number of nitrogens with zero attached hydrogens (tertiary/aromatic N) is 2. The van der Waals surface area contributed by atoms with Gasteiger partial charge in [0, 0.05) is 19.8 Å². The van der Waals surface area contributed by atoms with Gasteiger partial charge in [-0.1, -0.05) is 25.3 Å². The molecule has 0 radical (unpaired) electrons. The van der Waals surface area contributed by atoms with Crippen molar-refractivity contribution in [2.24, 2.45) is 4.99 Å². The van der Waals surface area contributed by atoms with Crippen LogP contribution in [0, 0.1) is 0 Å². The lowest BCUT2D eigenvalue weighted by Gasteiger charge is -2.11. The van der Waals surface area contributed by atoms with E-state index in [0.29, 0.717) is 0 Å². The molecule has 0 aliphatic heterocycles. The summed E-state index contributed by atoms with van der Waals surface area (Å²) in [6.45, 7) is 9.17. The molecule has 0 atom stereocenters. The van der Waals surface area contributed by atoms with E-state index in [1.165, 1.54) is 0 Å². The summed E-state index contributed by atoms with van der Waals surface area (Å²) in [5.41, 5.74) is 0.799. The fraction of sp³-hybridized carbons (Fsp3) is 0.300. The van der Waals surface area contributed by atoms with Gasteiger partial charge in [-0.15, -0.1) is 0 Å². The first kappa shape index (κ1) is 10.7. The molecule has 0 aliphatic rings. The molecule has 66 valence electrons. The van der Waals surface area contributed by atoms with Crippen LogP contribution in [-0.2, 0) is 0 Å². The van der Waals surface area contributed by atoms with Crippen molar-refractivity contribution in [3.63, 3.8) is 0 Å². The van der Waals surface area contributed by atoms with Gasteiger partial charge in [0.2, 0.25) is 0 Å². The van der Waals surface area contributed by atoms with Crippen LogP contribution < -0.4 is 0 Å². The van der Waals surface area contributed by atoms with Gasteiger partial charge >= 0.3 is 0 Å². The summed E-state index contributed by atoms with van der Waals surface area (Å²) >= 11 is 0. The van der Waals surface area contributed by atoms with Gasteiger partial charge in [0.1, 0.15) is 5.84 Å². The normalized spacial score (nSPS) is 11.8. The second kappa shape index (κ2) is 5.35. The monoisotopic (exact) mass is 164 g/mol. The van der Waals surface area contributed by atoms with Crippen LogP contribution in [0.5, 0.6) is 0 Å². The van der Waals surface area contributed by atoms with E-state index in [2.05, 4.69) is 18.2 Å². The molecule has 0 N–H and O–H groups in total. The van der Waals surface area contributed by atoms with Gasteiger partial charge in [-0.25, -0.2) is 4.99 Å². The van der Waals surface area contributed by atoms with Crippen LogP contribution in [-0.4, -0.2) is 24.8 Å². The summed E-state index contributed by atoms with van der Waals surface area (Å²) in [5, 5.41) is 0. The highest BCUT2D eigenvalue weighted by Gasteiger charge is 1.94. The van der Waals surface area contributed by atoms with E-state index < -0.39 is 0 Å². The van der Waals surface area contributed by atoms with Crippen LogP contribution in [0.25, 0.3) is 0 Å². The number of allylic oxidation sites excluding steroid dienone is 3. The minimum absolute atomic E-state index is 0.799. The van der Waals surface area contributed by atoms with E-state index in [0.717, 1.165) is 11.5 Å². The van der Waals surface area contributed by atoms with Crippen LogP contribution in [0.3, 0.4) is 0 Å². The highest BCUT2D eigenvalue weighted by atomic mass is 15.1. The molecular formula is C10H16N2. The topological polar surface area (TPSA) is 15.6 Å². The number of aliphatic imine (C=N–C) groups is 1. The van der Waals surface area contributed by atoms with Crippen molar-refractivity contribution in [1.82, 2.24) is 4.90 Å². The molecule has 0 fully saturated rings. The zero-order valence-electron chi connectivity index (χ0n) is 8.04. The summed E-state index contributed by atoms with van der Waals surface area (Å²) in [4.78, 5) is 6.15. The van der Waals surface area contributed by atoms with Crippen molar-refractivity contribution in [1.29, 1.82) is 0 Å². The molecule has 0 saturated carbocycles. The molecule has 2 nitrogen and oxygen atoms in total. The Labute approximate surface area is 74.6 Å². The average Bonchev–Trinajstić information content (AvgIpc) is 1.96. The maximum absolute atomic E-state index is 4.23. The quantitative estimate of drug-likeness (QED) is 0.355. The SMILES string of the molecule is C=C/C=C\C(=NC(=C)C)N(C)C. The smallest absolute Gasteiger partial charge is 0.128 e. The minimum Gasteiger partial charge on any atom is -0.363 e.